The van der Waals surface area contributed by atoms with Crippen molar-refractivity contribution < 1.29 is 22.4 Å². The summed E-state index contributed by atoms with van der Waals surface area (Å²) in [6.07, 6.45) is 2.79. The molecule has 0 aliphatic carbocycles. The van der Waals surface area contributed by atoms with Crippen LogP contribution in [-0.4, -0.2) is 48.5 Å². The minimum atomic E-state index is -3.85. The minimum absolute atomic E-state index is 0.112. The molecule has 3 heterocycles. The molecule has 170 valence electrons. The SMILES string of the molecule is CCOc1ccccc1CNC(=O)[C@@H]1CCCN(S(=O)(=O)c2ccc(-c3ccn[nH]3)o2)C1. The smallest absolute Gasteiger partial charge is 0.276 e. The van der Waals surface area contributed by atoms with Crippen LogP contribution in [0.2, 0.25) is 0 Å². The number of hydrogen-bond acceptors (Lipinski definition) is 6. The van der Waals surface area contributed by atoms with E-state index in [0.717, 1.165) is 11.3 Å². The summed E-state index contributed by atoms with van der Waals surface area (Å²) in [6, 6.07) is 12.2. The second-order valence-electron chi connectivity index (χ2n) is 7.55. The van der Waals surface area contributed by atoms with Crippen molar-refractivity contribution in [1.29, 1.82) is 0 Å². The van der Waals surface area contributed by atoms with E-state index in [1.807, 2.05) is 31.2 Å². The number of hydrogen-bond donors (Lipinski definition) is 2. The number of H-pyrrole nitrogens is 1. The number of rotatable bonds is 8. The zero-order chi connectivity index (χ0) is 22.6. The van der Waals surface area contributed by atoms with Gasteiger partial charge in [-0.25, -0.2) is 8.42 Å². The molecule has 0 saturated carbocycles. The van der Waals surface area contributed by atoms with Crippen LogP contribution in [0.3, 0.4) is 0 Å². The van der Waals surface area contributed by atoms with Gasteiger partial charge in [-0.15, -0.1) is 0 Å². The molecule has 1 atom stereocenters. The van der Waals surface area contributed by atoms with Crippen LogP contribution in [0.15, 0.2) is 58.2 Å². The van der Waals surface area contributed by atoms with Crippen LogP contribution in [0.5, 0.6) is 5.75 Å². The van der Waals surface area contributed by atoms with E-state index in [4.69, 9.17) is 9.15 Å². The second-order valence-corrected chi connectivity index (χ2v) is 9.42. The molecule has 0 unspecified atom stereocenters. The maximum atomic E-state index is 13.1. The number of para-hydroxylation sites is 1. The molecular formula is C22H26N4O5S. The maximum Gasteiger partial charge on any atom is 0.276 e. The van der Waals surface area contributed by atoms with Gasteiger partial charge in [0.25, 0.3) is 10.0 Å². The second kappa shape index (κ2) is 9.58. The van der Waals surface area contributed by atoms with Gasteiger partial charge in [-0.1, -0.05) is 18.2 Å². The highest BCUT2D eigenvalue weighted by Crippen LogP contribution is 2.28. The van der Waals surface area contributed by atoms with E-state index in [1.54, 1.807) is 18.3 Å². The van der Waals surface area contributed by atoms with E-state index in [0.29, 0.717) is 44.0 Å². The van der Waals surface area contributed by atoms with Crippen molar-refractivity contribution >= 4 is 15.9 Å². The topological polar surface area (TPSA) is 118 Å². The van der Waals surface area contributed by atoms with E-state index in [9.17, 15) is 13.2 Å². The third kappa shape index (κ3) is 4.71. The van der Waals surface area contributed by atoms with Gasteiger partial charge in [0.05, 0.1) is 12.5 Å². The van der Waals surface area contributed by atoms with Crippen molar-refractivity contribution in [3.05, 3.63) is 54.2 Å². The van der Waals surface area contributed by atoms with Crippen molar-refractivity contribution in [3.63, 3.8) is 0 Å². The highest BCUT2D eigenvalue weighted by molar-refractivity contribution is 7.89. The number of carbonyl (C=O) groups excluding carboxylic acids is 1. The summed E-state index contributed by atoms with van der Waals surface area (Å²) in [5, 5.41) is 9.37. The Morgan fingerprint density at radius 3 is 2.91 bits per heavy atom. The van der Waals surface area contributed by atoms with Gasteiger partial charge in [-0.05, 0) is 44.0 Å². The molecule has 10 heteroatoms. The van der Waals surface area contributed by atoms with E-state index < -0.39 is 15.9 Å². The fraction of sp³-hybridized carbons (Fsp3) is 0.364. The fourth-order valence-corrected chi connectivity index (χ4v) is 5.21. The molecule has 0 spiro atoms. The number of nitrogens with zero attached hydrogens (tertiary/aromatic N) is 2. The Bertz CT molecular complexity index is 1160. The third-order valence-corrected chi connectivity index (χ3v) is 7.16. The Morgan fingerprint density at radius 1 is 1.28 bits per heavy atom. The van der Waals surface area contributed by atoms with Crippen molar-refractivity contribution in [2.45, 2.75) is 31.4 Å². The van der Waals surface area contributed by atoms with Gasteiger partial charge in [0.2, 0.25) is 11.0 Å². The monoisotopic (exact) mass is 458 g/mol. The van der Waals surface area contributed by atoms with Crippen molar-refractivity contribution in [3.8, 4) is 17.2 Å². The number of nitrogens with one attached hydrogen (secondary N) is 2. The molecule has 4 rings (SSSR count). The summed E-state index contributed by atoms with van der Waals surface area (Å²) in [4.78, 5) is 12.8. The molecule has 1 aliphatic rings. The molecule has 2 N–H and O–H groups in total. The predicted molar refractivity (Wildman–Crippen MR) is 117 cm³/mol. The van der Waals surface area contributed by atoms with Gasteiger partial charge in [0.15, 0.2) is 5.76 Å². The molecule has 1 aliphatic heterocycles. The zero-order valence-corrected chi connectivity index (χ0v) is 18.6. The van der Waals surface area contributed by atoms with Crippen LogP contribution < -0.4 is 10.1 Å². The lowest BCUT2D eigenvalue weighted by molar-refractivity contribution is -0.126. The van der Waals surface area contributed by atoms with Crippen molar-refractivity contribution in [2.24, 2.45) is 5.92 Å². The van der Waals surface area contributed by atoms with Crippen LogP contribution in [-0.2, 0) is 21.4 Å². The highest BCUT2D eigenvalue weighted by Gasteiger charge is 2.35. The first-order chi connectivity index (χ1) is 15.5. The van der Waals surface area contributed by atoms with Gasteiger partial charge in [-0.3, -0.25) is 9.89 Å². The molecular weight excluding hydrogens is 432 g/mol. The van der Waals surface area contributed by atoms with E-state index in [2.05, 4.69) is 15.5 Å². The summed E-state index contributed by atoms with van der Waals surface area (Å²) < 4.78 is 38.7. The van der Waals surface area contributed by atoms with E-state index in [-0.39, 0.29) is 17.5 Å². The number of furan rings is 1. The van der Waals surface area contributed by atoms with E-state index in [1.165, 1.54) is 10.4 Å². The van der Waals surface area contributed by atoms with E-state index >= 15 is 0 Å². The quantitative estimate of drug-likeness (QED) is 0.536. The van der Waals surface area contributed by atoms with Crippen LogP contribution in [0.25, 0.3) is 11.5 Å². The van der Waals surface area contributed by atoms with Gasteiger partial charge in [0.1, 0.15) is 11.4 Å². The minimum Gasteiger partial charge on any atom is -0.494 e. The number of piperidine rings is 1. The fourth-order valence-electron chi connectivity index (χ4n) is 3.77. The molecule has 1 fully saturated rings. The van der Waals surface area contributed by atoms with Crippen molar-refractivity contribution in [2.75, 3.05) is 19.7 Å². The Labute approximate surface area is 186 Å². The first kappa shape index (κ1) is 22.1. The number of sulfonamides is 1. The largest absolute Gasteiger partial charge is 0.494 e. The summed E-state index contributed by atoms with van der Waals surface area (Å²) >= 11 is 0. The van der Waals surface area contributed by atoms with Crippen LogP contribution >= 0.6 is 0 Å². The molecule has 9 nitrogen and oxygen atoms in total. The molecule has 0 bridgehead atoms. The molecule has 32 heavy (non-hydrogen) atoms. The summed E-state index contributed by atoms with van der Waals surface area (Å²) in [5.74, 6) is 0.517. The summed E-state index contributed by atoms with van der Waals surface area (Å²) in [7, 11) is -3.85. The maximum absolute atomic E-state index is 13.1. The predicted octanol–water partition coefficient (Wildman–Crippen LogP) is 2.79. The highest BCUT2D eigenvalue weighted by atomic mass is 32.2. The molecule has 3 aromatic rings. The van der Waals surface area contributed by atoms with Crippen LogP contribution in [0.4, 0.5) is 0 Å². The normalized spacial score (nSPS) is 17.2. The number of aromatic nitrogens is 2. The molecule has 1 amide bonds. The number of carbonyl (C=O) groups is 1. The summed E-state index contributed by atoms with van der Waals surface area (Å²) in [5.41, 5.74) is 1.47. The first-order valence-corrected chi connectivity index (χ1v) is 12.0. The lowest BCUT2D eigenvalue weighted by atomic mass is 9.98. The Kier molecular flexibility index (Phi) is 6.61. The van der Waals surface area contributed by atoms with Gasteiger partial charge < -0.3 is 14.5 Å². The Morgan fingerprint density at radius 2 is 2.12 bits per heavy atom. The van der Waals surface area contributed by atoms with Gasteiger partial charge >= 0.3 is 0 Å². The standard InChI is InChI=1S/C22H26N4O5S/c1-2-30-19-8-4-3-6-16(19)14-23-22(27)17-7-5-13-26(15-17)32(28,29)21-10-9-20(31-21)18-11-12-24-25-18/h3-4,6,8-12,17H,2,5,7,13-15H2,1H3,(H,23,27)(H,24,25)/t17-/m1/s1. The zero-order valence-electron chi connectivity index (χ0n) is 17.8. The first-order valence-electron chi connectivity index (χ1n) is 10.6. The number of amides is 1. The Hall–Kier alpha value is -3.11. The summed E-state index contributed by atoms with van der Waals surface area (Å²) in [6.45, 7) is 3.23. The number of benzene rings is 1. The van der Waals surface area contributed by atoms with Crippen molar-refractivity contribution in [1.82, 2.24) is 19.8 Å². The number of ether oxygens (including phenoxy) is 1. The molecule has 1 aromatic carbocycles. The van der Waals surface area contributed by atoms with Gasteiger partial charge in [0, 0.05) is 31.4 Å². The molecule has 0 radical (unpaired) electrons. The van der Waals surface area contributed by atoms with Crippen LogP contribution in [0, 0.1) is 5.92 Å². The third-order valence-electron chi connectivity index (χ3n) is 5.42. The molecule has 1 saturated heterocycles. The lowest BCUT2D eigenvalue weighted by Crippen LogP contribution is -2.45. The molecule has 2 aromatic heterocycles. The van der Waals surface area contributed by atoms with Crippen LogP contribution in [0.1, 0.15) is 25.3 Å². The average molecular weight is 459 g/mol. The lowest BCUT2D eigenvalue weighted by Gasteiger charge is -2.30. The number of aromatic amines is 1. The van der Waals surface area contributed by atoms with Gasteiger partial charge in [-0.2, -0.15) is 9.40 Å². The average Bonchev–Trinajstić information content (AvgIpc) is 3.51. The Balaban J connectivity index is 1.41.